The van der Waals surface area contributed by atoms with Crippen LogP contribution in [0.3, 0.4) is 0 Å². The highest BCUT2D eigenvalue weighted by Gasteiger charge is 2.28. The lowest BCUT2D eigenvalue weighted by molar-refractivity contribution is -0.137. The van der Waals surface area contributed by atoms with Gasteiger partial charge in [-0.2, -0.15) is 0 Å². The summed E-state index contributed by atoms with van der Waals surface area (Å²) in [7, 11) is 0. The van der Waals surface area contributed by atoms with Crippen molar-refractivity contribution in [2.75, 3.05) is 5.32 Å². The Hall–Kier alpha value is -3.41. The highest BCUT2D eigenvalue weighted by atomic mass is 19.1. The van der Waals surface area contributed by atoms with Crippen LogP contribution in [-0.2, 0) is 11.3 Å². The fourth-order valence-electron chi connectivity index (χ4n) is 5.22. The Balaban J connectivity index is 1.36. The van der Waals surface area contributed by atoms with E-state index in [1.807, 2.05) is 31.2 Å². The summed E-state index contributed by atoms with van der Waals surface area (Å²) in [6.45, 7) is 1.85. The molecule has 32 heavy (non-hydrogen) atoms. The van der Waals surface area contributed by atoms with Gasteiger partial charge in [0.25, 0.3) is 0 Å². The fourth-order valence-corrected chi connectivity index (χ4v) is 5.22. The summed E-state index contributed by atoms with van der Waals surface area (Å²) in [5.41, 5.74) is 3.81. The topological polar surface area (TPSA) is 67.2 Å². The number of nitrogens with one attached hydrogen (secondary N) is 1. The Kier molecular flexibility index (Phi) is 5.29. The van der Waals surface area contributed by atoms with E-state index in [4.69, 9.17) is 4.98 Å². The van der Waals surface area contributed by atoms with E-state index in [2.05, 4.69) is 17.4 Å². The maximum atomic E-state index is 14.1. The molecule has 0 amide bonds. The molecule has 1 aliphatic carbocycles. The van der Waals surface area contributed by atoms with Gasteiger partial charge < -0.3 is 15.0 Å². The molecule has 1 fully saturated rings. The van der Waals surface area contributed by atoms with Crippen molar-refractivity contribution in [2.24, 2.45) is 0 Å². The minimum atomic E-state index is -0.892. The van der Waals surface area contributed by atoms with Crippen molar-refractivity contribution in [3.8, 4) is 0 Å². The van der Waals surface area contributed by atoms with Gasteiger partial charge in [-0.3, -0.25) is 4.79 Å². The van der Waals surface area contributed by atoms with Gasteiger partial charge in [-0.15, -0.1) is 0 Å². The molecule has 0 spiro atoms. The van der Waals surface area contributed by atoms with Crippen molar-refractivity contribution in [3.05, 3.63) is 71.7 Å². The highest BCUT2D eigenvalue weighted by Crippen LogP contribution is 2.40. The lowest BCUT2D eigenvalue weighted by Crippen LogP contribution is -2.26. The number of hydrogen-bond donors (Lipinski definition) is 2. The molecule has 6 heteroatoms. The molecule has 2 aromatic carbocycles. The van der Waals surface area contributed by atoms with Gasteiger partial charge in [-0.05, 0) is 80.5 Å². The van der Waals surface area contributed by atoms with E-state index in [0.29, 0.717) is 6.04 Å². The van der Waals surface area contributed by atoms with Crippen LogP contribution in [0, 0.1) is 12.7 Å². The smallest absolute Gasteiger partial charge is 0.323 e. The quantitative estimate of drug-likeness (QED) is 0.415. The minimum absolute atomic E-state index is 0.113. The number of fused-ring (bicyclic) bond motifs is 2. The Labute approximate surface area is 185 Å². The van der Waals surface area contributed by atoms with Gasteiger partial charge >= 0.3 is 5.97 Å². The number of anilines is 1. The Morgan fingerprint density at radius 1 is 1.12 bits per heavy atom. The van der Waals surface area contributed by atoms with Crippen LogP contribution in [0.2, 0.25) is 0 Å². The van der Waals surface area contributed by atoms with Gasteiger partial charge in [-0.1, -0.05) is 18.2 Å². The molecule has 164 valence electrons. The largest absolute Gasteiger partial charge is 0.480 e. The summed E-state index contributed by atoms with van der Waals surface area (Å²) in [4.78, 5) is 16.1. The van der Waals surface area contributed by atoms with E-state index in [1.165, 1.54) is 6.07 Å². The van der Waals surface area contributed by atoms with Crippen LogP contribution < -0.4 is 5.32 Å². The number of hydrogen-bond acceptors (Lipinski definition) is 3. The van der Waals surface area contributed by atoms with E-state index in [9.17, 15) is 14.3 Å². The summed E-state index contributed by atoms with van der Waals surface area (Å²) in [6, 6.07) is 17.2. The van der Waals surface area contributed by atoms with E-state index in [-0.39, 0.29) is 18.3 Å². The van der Waals surface area contributed by atoms with Gasteiger partial charge in [0, 0.05) is 28.0 Å². The second kappa shape index (κ2) is 8.26. The third kappa shape index (κ3) is 3.81. The number of rotatable bonds is 5. The normalized spacial score (nSPS) is 18.8. The predicted octanol–water partition coefficient (Wildman–Crippen LogP) is 5.86. The van der Waals surface area contributed by atoms with Crippen molar-refractivity contribution in [3.63, 3.8) is 0 Å². The van der Waals surface area contributed by atoms with E-state index in [0.717, 1.165) is 64.6 Å². The molecule has 0 saturated heterocycles. The SMILES string of the molecule is Cc1c(C2CCC(Nc3ccc4ccccc4n3)CC2)c2cc(F)ccc2n1CC(=O)O. The Morgan fingerprint density at radius 2 is 1.91 bits per heavy atom. The Bertz CT molecular complexity index is 1310. The van der Waals surface area contributed by atoms with E-state index < -0.39 is 5.97 Å². The molecule has 2 aromatic heterocycles. The first-order chi connectivity index (χ1) is 15.5. The zero-order valence-electron chi connectivity index (χ0n) is 18.0. The number of carbonyl (C=O) groups is 1. The first-order valence-electron chi connectivity index (χ1n) is 11.1. The predicted molar refractivity (Wildman–Crippen MR) is 125 cm³/mol. The first kappa shape index (κ1) is 20.5. The molecule has 0 bridgehead atoms. The summed E-state index contributed by atoms with van der Waals surface area (Å²) >= 11 is 0. The standard InChI is InChI=1S/C26H26FN3O2/c1-16-26(21-14-19(27)9-12-23(21)30(16)15-25(31)32)18-6-10-20(11-7-18)28-24-13-8-17-4-2-3-5-22(17)29-24/h2-5,8-9,12-14,18,20H,6-7,10-11,15H2,1H3,(H,28,29)(H,31,32). The van der Waals surface area contributed by atoms with Crippen molar-refractivity contribution in [1.82, 2.24) is 9.55 Å². The van der Waals surface area contributed by atoms with Crippen LogP contribution in [0.4, 0.5) is 10.2 Å². The summed E-state index contributed by atoms with van der Waals surface area (Å²) in [6.07, 6.45) is 3.91. The Morgan fingerprint density at radius 3 is 2.69 bits per heavy atom. The van der Waals surface area contributed by atoms with Gasteiger partial charge in [0.2, 0.25) is 0 Å². The molecular formula is C26H26FN3O2. The molecule has 0 radical (unpaired) electrons. The van der Waals surface area contributed by atoms with Crippen LogP contribution in [-0.4, -0.2) is 26.7 Å². The summed E-state index contributed by atoms with van der Waals surface area (Å²) in [5, 5.41) is 14.9. The lowest BCUT2D eigenvalue weighted by atomic mass is 9.80. The minimum Gasteiger partial charge on any atom is -0.480 e. The molecule has 5 rings (SSSR count). The molecule has 0 atom stereocenters. The van der Waals surface area contributed by atoms with Crippen LogP contribution in [0.1, 0.15) is 42.9 Å². The molecule has 1 aliphatic rings. The lowest BCUT2D eigenvalue weighted by Gasteiger charge is -2.30. The fraction of sp³-hybridized carbons (Fsp3) is 0.308. The van der Waals surface area contributed by atoms with E-state index in [1.54, 1.807) is 16.7 Å². The van der Waals surface area contributed by atoms with Crippen LogP contribution >= 0.6 is 0 Å². The molecule has 1 saturated carbocycles. The number of benzene rings is 2. The zero-order valence-corrected chi connectivity index (χ0v) is 18.0. The highest BCUT2D eigenvalue weighted by molar-refractivity contribution is 5.87. The molecule has 4 aromatic rings. The van der Waals surface area contributed by atoms with Crippen LogP contribution in [0.5, 0.6) is 0 Å². The zero-order chi connectivity index (χ0) is 22.2. The van der Waals surface area contributed by atoms with Crippen LogP contribution in [0.15, 0.2) is 54.6 Å². The number of para-hydroxylation sites is 1. The van der Waals surface area contributed by atoms with Crippen molar-refractivity contribution in [2.45, 2.75) is 51.1 Å². The number of nitrogens with zero attached hydrogens (tertiary/aromatic N) is 2. The summed E-state index contributed by atoms with van der Waals surface area (Å²) in [5.74, 6) is 0.000967. The molecule has 0 aliphatic heterocycles. The number of aliphatic carboxylic acids is 1. The second-order valence-electron chi connectivity index (χ2n) is 8.72. The van der Waals surface area contributed by atoms with Crippen molar-refractivity contribution in [1.29, 1.82) is 0 Å². The van der Waals surface area contributed by atoms with Crippen LogP contribution in [0.25, 0.3) is 21.8 Å². The molecule has 2 N–H and O–H groups in total. The number of aromatic nitrogens is 2. The van der Waals surface area contributed by atoms with Gasteiger partial charge in [-0.25, -0.2) is 9.37 Å². The maximum Gasteiger partial charge on any atom is 0.323 e. The van der Waals surface area contributed by atoms with E-state index >= 15 is 0 Å². The third-order valence-corrected chi connectivity index (χ3v) is 6.71. The van der Waals surface area contributed by atoms with Gasteiger partial charge in [0.1, 0.15) is 18.2 Å². The van der Waals surface area contributed by atoms with Gasteiger partial charge in [0.15, 0.2) is 0 Å². The van der Waals surface area contributed by atoms with Crippen molar-refractivity contribution < 1.29 is 14.3 Å². The van der Waals surface area contributed by atoms with Gasteiger partial charge in [0.05, 0.1) is 5.52 Å². The van der Waals surface area contributed by atoms with Crippen molar-refractivity contribution >= 4 is 33.6 Å². The number of carboxylic acid groups (broad SMARTS) is 1. The molecule has 0 unspecified atom stereocenters. The first-order valence-corrected chi connectivity index (χ1v) is 11.1. The second-order valence-corrected chi connectivity index (χ2v) is 8.72. The molecule has 2 heterocycles. The number of halogens is 1. The summed E-state index contributed by atoms with van der Waals surface area (Å²) < 4.78 is 15.9. The number of carboxylic acids is 1. The average molecular weight is 432 g/mol. The average Bonchev–Trinajstić information content (AvgIpc) is 3.04. The number of pyridine rings is 1. The molecular weight excluding hydrogens is 405 g/mol. The molecule has 5 nitrogen and oxygen atoms in total. The monoisotopic (exact) mass is 431 g/mol. The maximum absolute atomic E-state index is 14.1. The third-order valence-electron chi connectivity index (χ3n) is 6.71.